The smallest absolute Gasteiger partial charge is 0.154 e. The van der Waals surface area contributed by atoms with Gasteiger partial charge in [0.1, 0.15) is 0 Å². The van der Waals surface area contributed by atoms with Crippen LogP contribution < -0.4 is 0 Å². The van der Waals surface area contributed by atoms with Crippen LogP contribution in [0.1, 0.15) is 40.0 Å². The fraction of sp³-hybridized carbons (Fsp3) is 1.00. The van der Waals surface area contributed by atoms with E-state index in [9.17, 15) is 0 Å². The Hall–Kier alpha value is -0.0800. The first-order valence-electron chi connectivity index (χ1n) is 4.54. The zero-order chi connectivity index (χ0) is 8.53. The van der Waals surface area contributed by atoms with Gasteiger partial charge in [-0.15, -0.1) is 0 Å². The van der Waals surface area contributed by atoms with Gasteiger partial charge < -0.3 is 9.47 Å². The quantitative estimate of drug-likeness (QED) is 0.421. The Labute approximate surface area is 69.9 Å². The van der Waals surface area contributed by atoms with Crippen molar-refractivity contribution in [1.82, 2.24) is 0 Å². The molecule has 0 spiro atoms. The van der Waals surface area contributed by atoms with E-state index in [2.05, 4.69) is 13.8 Å². The minimum atomic E-state index is -0.0264. The highest BCUT2D eigenvalue weighted by atomic mass is 16.7. The van der Waals surface area contributed by atoms with E-state index < -0.39 is 0 Å². The summed E-state index contributed by atoms with van der Waals surface area (Å²) in [5.41, 5.74) is 0. The summed E-state index contributed by atoms with van der Waals surface area (Å²) in [6.07, 6.45) is 3.34. The van der Waals surface area contributed by atoms with E-state index in [4.69, 9.17) is 9.47 Å². The monoisotopic (exact) mass is 160 g/mol. The lowest BCUT2D eigenvalue weighted by atomic mass is 10.4. The minimum absolute atomic E-state index is 0.0264. The molecule has 0 bridgehead atoms. The molecule has 0 aromatic rings. The molecule has 0 N–H and O–H groups in total. The first-order valence-corrected chi connectivity index (χ1v) is 4.54. The van der Waals surface area contributed by atoms with Crippen LogP contribution in [-0.4, -0.2) is 19.5 Å². The van der Waals surface area contributed by atoms with Crippen LogP contribution in [0.4, 0.5) is 0 Å². The molecule has 0 saturated carbocycles. The second-order valence-electron chi connectivity index (χ2n) is 2.66. The molecule has 0 aliphatic carbocycles. The first-order chi connectivity index (χ1) is 5.31. The second kappa shape index (κ2) is 8.02. The largest absolute Gasteiger partial charge is 0.353 e. The van der Waals surface area contributed by atoms with Crippen LogP contribution in [0, 0.1) is 0 Å². The van der Waals surface area contributed by atoms with Crippen LogP contribution in [0.15, 0.2) is 0 Å². The average molecular weight is 160 g/mol. The lowest BCUT2D eigenvalue weighted by Gasteiger charge is -2.12. The summed E-state index contributed by atoms with van der Waals surface area (Å²) in [6.45, 7) is 7.82. The molecule has 2 heteroatoms. The normalized spacial score (nSPS) is 13.4. The summed E-state index contributed by atoms with van der Waals surface area (Å²) in [6, 6.07) is 0. The molecule has 2 nitrogen and oxygen atoms in total. The summed E-state index contributed by atoms with van der Waals surface area (Å²) in [5.74, 6) is 0. The molecule has 0 aliphatic rings. The molecule has 0 heterocycles. The van der Waals surface area contributed by atoms with Gasteiger partial charge in [-0.1, -0.05) is 20.3 Å². The molecule has 0 aromatic heterocycles. The topological polar surface area (TPSA) is 18.5 Å². The van der Waals surface area contributed by atoms with Crippen LogP contribution in [0.3, 0.4) is 0 Å². The van der Waals surface area contributed by atoms with Crippen molar-refractivity contribution in [1.29, 1.82) is 0 Å². The van der Waals surface area contributed by atoms with Crippen molar-refractivity contribution in [2.24, 2.45) is 0 Å². The van der Waals surface area contributed by atoms with E-state index in [-0.39, 0.29) is 6.29 Å². The molecule has 0 aliphatic heterocycles. The molecule has 11 heavy (non-hydrogen) atoms. The fourth-order valence-corrected chi connectivity index (χ4v) is 0.726. The predicted molar refractivity (Wildman–Crippen MR) is 46.6 cm³/mol. The Kier molecular flexibility index (Phi) is 7.96. The highest BCUT2D eigenvalue weighted by molar-refractivity contribution is 4.35. The van der Waals surface area contributed by atoms with E-state index in [0.717, 1.165) is 26.1 Å². The molecule has 68 valence electrons. The van der Waals surface area contributed by atoms with Crippen molar-refractivity contribution in [3.8, 4) is 0 Å². The standard InChI is InChI=1S/C9H20O2/c1-4-6-8-11-9(3)10-7-5-2/h9H,4-8H2,1-3H3/t9-/m0/s1. The molecule has 0 saturated heterocycles. The zero-order valence-corrected chi connectivity index (χ0v) is 7.93. The van der Waals surface area contributed by atoms with Crippen molar-refractivity contribution < 1.29 is 9.47 Å². The lowest BCUT2D eigenvalue weighted by molar-refractivity contribution is -0.130. The Bertz CT molecular complexity index is 74.0. The molecule has 0 amide bonds. The van der Waals surface area contributed by atoms with Gasteiger partial charge in [-0.05, 0) is 19.8 Å². The number of ether oxygens (including phenoxy) is 2. The minimum Gasteiger partial charge on any atom is -0.353 e. The van der Waals surface area contributed by atoms with E-state index in [0.29, 0.717) is 0 Å². The van der Waals surface area contributed by atoms with Crippen molar-refractivity contribution in [3.63, 3.8) is 0 Å². The predicted octanol–water partition coefficient (Wildman–Crippen LogP) is 2.58. The van der Waals surface area contributed by atoms with Crippen molar-refractivity contribution in [2.45, 2.75) is 46.3 Å². The van der Waals surface area contributed by atoms with Crippen LogP contribution >= 0.6 is 0 Å². The van der Waals surface area contributed by atoms with Crippen LogP contribution in [0.25, 0.3) is 0 Å². The Morgan fingerprint density at radius 2 is 1.64 bits per heavy atom. The number of rotatable bonds is 7. The highest BCUT2D eigenvalue weighted by Crippen LogP contribution is 1.97. The maximum Gasteiger partial charge on any atom is 0.154 e. The highest BCUT2D eigenvalue weighted by Gasteiger charge is 1.98. The van der Waals surface area contributed by atoms with Gasteiger partial charge in [0.15, 0.2) is 6.29 Å². The van der Waals surface area contributed by atoms with Crippen molar-refractivity contribution in [2.75, 3.05) is 13.2 Å². The second-order valence-corrected chi connectivity index (χ2v) is 2.66. The van der Waals surface area contributed by atoms with Crippen molar-refractivity contribution in [3.05, 3.63) is 0 Å². The van der Waals surface area contributed by atoms with Gasteiger partial charge in [-0.2, -0.15) is 0 Å². The van der Waals surface area contributed by atoms with E-state index >= 15 is 0 Å². The summed E-state index contributed by atoms with van der Waals surface area (Å²) in [7, 11) is 0. The maximum atomic E-state index is 5.36. The van der Waals surface area contributed by atoms with E-state index in [1.54, 1.807) is 0 Å². The molecule has 1 atom stereocenters. The number of unbranched alkanes of at least 4 members (excludes halogenated alkanes) is 1. The van der Waals surface area contributed by atoms with Crippen molar-refractivity contribution >= 4 is 0 Å². The Morgan fingerprint density at radius 3 is 2.18 bits per heavy atom. The average Bonchev–Trinajstić information content (AvgIpc) is 2.01. The third kappa shape index (κ3) is 7.82. The van der Waals surface area contributed by atoms with Gasteiger partial charge in [-0.3, -0.25) is 0 Å². The molecular weight excluding hydrogens is 140 g/mol. The fourth-order valence-electron chi connectivity index (χ4n) is 0.726. The number of hydrogen-bond acceptors (Lipinski definition) is 2. The molecular formula is C9H20O2. The zero-order valence-electron chi connectivity index (χ0n) is 7.93. The van der Waals surface area contributed by atoms with Gasteiger partial charge in [0.05, 0.1) is 0 Å². The summed E-state index contributed by atoms with van der Waals surface area (Å²) in [4.78, 5) is 0. The molecule has 0 radical (unpaired) electrons. The molecule has 0 unspecified atom stereocenters. The summed E-state index contributed by atoms with van der Waals surface area (Å²) < 4.78 is 10.7. The summed E-state index contributed by atoms with van der Waals surface area (Å²) in [5, 5.41) is 0. The lowest BCUT2D eigenvalue weighted by Crippen LogP contribution is -2.14. The van der Waals surface area contributed by atoms with Gasteiger partial charge in [0.25, 0.3) is 0 Å². The SMILES string of the molecule is CCCCO[C@@H](C)OCCC. The van der Waals surface area contributed by atoms with E-state index in [1.165, 1.54) is 6.42 Å². The van der Waals surface area contributed by atoms with Gasteiger partial charge in [0.2, 0.25) is 0 Å². The molecule has 0 fully saturated rings. The summed E-state index contributed by atoms with van der Waals surface area (Å²) >= 11 is 0. The maximum absolute atomic E-state index is 5.36. The van der Waals surface area contributed by atoms with Crippen LogP contribution in [0.2, 0.25) is 0 Å². The Balaban J connectivity index is 3.02. The van der Waals surface area contributed by atoms with E-state index in [1.807, 2.05) is 6.92 Å². The van der Waals surface area contributed by atoms with Crippen LogP contribution in [0.5, 0.6) is 0 Å². The van der Waals surface area contributed by atoms with Gasteiger partial charge >= 0.3 is 0 Å². The van der Waals surface area contributed by atoms with Crippen LogP contribution in [-0.2, 0) is 9.47 Å². The number of hydrogen-bond donors (Lipinski definition) is 0. The Morgan fingerprint density at radius 1 is 1.00 bits per heavy atom. The van der Waals surface area contributed by atoms with Gasteiger partial charge in [0, 0.05) is 13.2 Å². The molecule has 0 aromatic carbocycles. The molecule has 0 rings (SSSR count). The third-order valence-corrected chi connectivity index (χ3v) is 1.41. The van der Waals surface area contributed by atoms with Gasteiger partial charge in [-0.25, -0.2) is 0 Å². The first kappa shape index (κ1) is 10.9. The third-order valence-electron chi connectivity index (χ3n) is 1.41.